The molecular weight excluding hydrogens is 379 g/mol. The lowest BCUT2D eigenvalue weighted by molar-refractivity contribution is -0.137. The zero-order valence-electron chi connectivity index (χ0n) is 15.6. The summed E-state index contributed by atoms with van der Waals surface area (Å²) in [5, 5.41) is 15.1. The lowest BCUT2D eigenvalue weighted by atomic mass is 10.0. The van der Waals surface area contributed by atoms with Gasteiger partial charge < -0.3 is 5.32 Å². The van der Waals surface area contributed by atoms with E-state index in [1.165, 1.54) is 12.1 Å². The van der Waals surface area contributed by atoms with Crippen LogP contribution in [0.4, 0.5) is 13.2 Å². The van der Waals surface area contributed by atoms with Crippen LogP contribution in [0.3, 0.4) is 0 Å². The van der Waals surface area contributed by atoms with Gasteiger partial charge in [0, 0.05) is 30.4 Å². The molecule has 0 saturated carbocycles. The standard InChI is InChI=1S/C21H18F3N5/c1-14-3-2-4-16(9-14)18-10-17(20-26-27-28-29(20)13-18)12-25-11-15-5-7-19(8-6-15)21(22,23)24/h2-10,13,25H,11-12H2,1H3. The van der Waals surface area contributed by atoms with Gasteiger partial charge in [0.05, 0.1) is 5.56 Å². The van der Waals surface area contributed by atoms with Gasteiger partial charge in [-0.05, 0) is 46.7 Å². The summed E-state index contributed by atoms with van der Waals surface area (Å²) in [5.41, 5.74) is 4.86. The average molecular weight is 397 g/mol. The molecule has 0 aliphatic carbocycles. The quantitative estimate of drug-likeness (QED) is 0.542. The number of nitrogens with one attached hydrogen (secondary N) is 1. The van der Waals surface area contributed by atoms with Crippen LogP contribution < -0.4 is 5.32 Å². The van der Waals surface area contributed by atoms with Gasteiger partial charge in [0.25, 0.3) is 0 Å². The largest absolute Gasteiger partial charge is 0.416 e. The van der Waals surface area contributed by atoms with Crippen molar-refractivity contribution in [2.75, 3.05) is 0 Å². The highest BCUT2D eigenvalue weighted by atomic mass is 19.4. The number of nitrogens with zero attached hydrogens (tertiary/aromatic N) is 4. The summed E-state index contributed by atoms with van der Waals surface area (Å²) in [4.78, 5) is 0. The number of hydrogen-bond donors (Lipinski definition) is 1. The predicted octanol–water partition coefficient (Wildman–Crippen LogP) is 4.41. The molecule has 2 aromatic heterocycles. The number of fused-ring (bicyclic) bond motifs is 1. The van der Waals surface area contributed by atoms with E-state index in [1.807, 2.05) is 37.4 Å². The maximum Gasteiger partial charge on any atom is 0.416 e. The fraction of sp³-hybridized carbons (Fsp3) is 0.190. The van der Waals surface area contributed by atoms with Crippen molar-refractivity contribution in [3.8, 4) is 11.1 Å². The van der Waals surface area contributed by atoms with Gasteiger partial charge in [-0.3, -0.25) is 0 Å². The monoisotopic (exact) mass is 397 g/mol. The van der Waals surface area contributed by atoms with Crippen molar-refractivity contribution < 1.29 is 13.2 Å². The van der Waals surface area contributed by atoms with Gasteiger partial charge in [0.15, 0.2) is 5.65 Å². The van der Waals surface area contributed by atoms with Crippen molar-refractivity contribution in [1.82, 2.24) is 25.4 Å². The molecule has 0 spiro atoms. The Morgan fingerprint density at radius 2 is 1.76 bits per heavy atom. The Kier molecular flexibility index (Phi) is 5.02. The minimum Gasteiger partial charge on any atom is -0.308 e. The van der Waals surface area contributed by atoms with E-state index in [9.17, 15) is 13.2 Å². The fourth-order valence-electron chi connectivity index (χ4n) is 3.18. The third-order valence-corrected chi connectivity index (χ3v) is 4.65. The molecule has 0 saturated heterocycles. The third kappa shape index (κ3) is 4.27. The molecule has 4 aromatic rings. The van der Waals surface area contributed by atoms with Crippen LogP contribution in [0.5, 0.6) is 0 Å². The molecular formula is C21H18F3N5. The highest BCUT2D eigenvalue weighted by Gasteiger charge is 2.29. The maximum atomic E-state index is 12.7. The lowest BCUT2D eigenvalue weighted by Gasteiger charge is -2.10. The zero-order valence-corrected chi connectivity index (χ0v) is 15.6. The summed E-state index contributed by atoms with van der Waals surface area (Å²) in [6.07, 6.45) is -2.45. The SMILES string of the molecule is Cc1cccc(-c2cc(CNCc3ccc(C(F)(F)F)cc3)c3nnnn3c2)c1. The number of tetrazole rings is 1. The van der Waals surface area contributed by atoms with Gasteiger partial charge in [-0.1, -0.05) is 42.0 Å². The molecule has 5 nitrogen and oxygen atoms in total. The van der Waals surface area contributed by atoms with Crippen molar-refractivity contribution in [1.29, 1.82) is 0 Å². The van der Waals surface area contributed by atoms with Crippen molar-refractivity contribution in [2.24, 2.45) is 0 Å². The number of alkyl halides is 3. The van der Waals surface area contributed by atoms with Crippen LogP contribution in [0.15, 0.2) is 60.8 Å². The van der Waals surface area contributed by atoms with E-state index in [2.05, 4.69) is 26.9 Å². The molecule has 0 aliphatic heterocycles. The summed E-state index contributed by atoms with van der Waals surface area (Å²) in [6, 6.07) is 15.3. The number of pyridine rings is 1. The van der Waals surface area contributed by atoms with E-state index in [-0.39, 0.29) is 0 Å². The normalized spacial score (nSPS) is 11.9. The van der Waals surface area contributed by atoms with E-state index in [1.54, 1.807) is 4.52 Å². The number of benzene rings is 2. The number of halogens is 3. The van der Waals surface area contributed by atoms with Gasteiger partial charge >= 0.3 is 6.18 Å². The third-order valence-electron chi connectivity index (χ3n) is 4.65. The summed E-state index contributed by atoms with van der Waals surface area (Å²) < 4.78 is 39.7. The summed E-state index contributed by atoms with van der Waals surface area (Å²) in [5.74, 6) is 0. The van der Waals surface area contributed by atoms with Crippen LogP contribution in [0.25, 0.3) is 16.8 Å². The van der Waals surface area contributed by atoms with E-state index in [0.29, 0.717) is 18.7 Å². The second kappa shape index (κ2) is 7.63. The summed E-state index contributed by atoms with van der Waals surface area (Å²) in [6.45, 7) is 2.94. The first-order chi connectivity index (χ1) is 13.9. The Morgan fingerprint density at radius 1 is 0.966 bits per heavy atom. The number of hydrogen-bond acceptors (Lipinski definition) is 4. The van der Waals surface area contributed by atoms with Gasteiger partial charge in [-0.2, -0.15) is 17.7 Å². The van der Waals surface area contributed by atoms with Gasteiger partial charge in [0.1, 0.15) is 0 Å². The van der Waals surface area contributed by atoms with Crippen LogP contribution in [0.1, 0.15) is 22.3 Å². The zero-order chi connectivity index (χ0) is 20.4. The van der Waals surface area contributed by atoms with Crippen LogP contribution in [-0.2, 0) is 19.3 Å². The molecule has 2 aromatic carbocycles. The van der Waals surface area contributed by atoms with Gasteiger partial charge in [-0.25, -0.2) is 0 Å². The topological polar surface area (TPSA) is 55.1 Å². The molecule has 0 amide bonds. The molecule has 148 valence electrons. The van der Waals surface area contributed by atoms with Crippen molar-refractivity contribution in [3.05, 3.63) is 83.0 Å². The highest BCUT2D eigenvalue weighted by Crippen LogP contribution is 2.29. The minimum atomic E-state index is -4.32. The van der Waals surface area contributed by atoms with E-state index in [4.69, 9.17) is 0 Å². The van der Waals surface area contributed by atoms with Gasteiger partial charge in [-0.15, -0.1) is 5.10 Å². The second-order valence-electron chi connectivity index (χ2n) is 6.87. The van der Waals surface area contributed by atoms with Crippen LogP contribution in [0.2, 0.25) is 0 Å². The van der Waals surface area contributed by atoms with E-state index in [0.717, 1.165) is 39.9 Å². The maximum absolute atomic E-state index is 12.7. The highest BCUT2D eigenvalue weighted by molar-refractivity contribution is 5.67. The van der Waals surface area contributed by atoms with E-state index < -0.39 is 11.7 Å². The van der Waals surface area contributed by atoms with Crippen molar-refractivity contribution in [2.45, 2.75) is 26.2 Å². The van der Waals surface area contributed by atoms with Crippen LogP contribution >= 0.6 is 0 Å². The molecule has 1 N–H and O–H groups in total. The Labute approximate surface area is 165 Å². The Hall–Kier alpha value is -3.26. The molecule has 2 heterocycles. The van der Waals surface area contributed by atoms with Crippen molar-refractivity contribution in [3.63, 3.8) is 0 Å². The molecule has 0 unspecified atom stereocenters. The number of aryl methyl sites for hydroxylation is 1. The summed E-state index contributed by atoms with van der Waals surface area (Å²) >= 11 is 0. The Morgan fingerprint density at radius 3 is 2.48 bits per heavy atom. The van der Waals surface area contributed by atoms with Gasteiger partial charge in [0.2, 0.25) is 0 Å². The lowest BCUT2D eigenvalue weighted by Crippen LogP contribution is -2.14. The molecule has 29 heavy (non-hydrogen) atoms. The van der Waals surface area contributed by atoms with Crippen LogP contribution in [0, 0.1) is 6.92 Å². The second-order valence-corrected chi connectivity index (χ2v) is 6.87. The number of rotatable bonds is 5. The molecule has 0 radical (unpaired) electrons. The van der Waals surface area contributed by atoms with Crippen molar-refractivity contribution >= 4 is 5.65 Å². The number of aromatic nitrogens is 4. The Bertz CT molecular complexity index is 1130. The minimum absolute atomic E-state index is 0.431. The molecule has 0 aliphatic rings. The summed E-state index contributed by atoms with van der Waals surface area (Å²) in [7, 11) is 0. The molecule has 4 rings (SSSR count). The Balaban J connectivity index is 1.52. The molecule has 0 fully saturated rings. The first-order valence-electron chi connectivity index (χ1n) is 9.05. The van der Waals surface area contributed by atoms with Crippen LogP contribution in [-0.4, -0.2) is 20.0 Å². The average Bonchev–Trinajstić information content (AvgIpc) is 3.16. The predicted molar refractivity (Wildman–Crippen MR) is 103 cm³/mol. The molecule has 8 heteroatoms. The first kappa shape index (κ1) is 19.1. The molecule has 0 atom stereocenters. The molecule has 0 bridgehead atoms. The fourth-order valence-corrected chi connectivity index (χ4v) is 3.18. The smallest absolute Gasteiger partial charge is 0.308 e. The first-order valence-corrected chi connectivity index (χ1v) is 9.05. The van der Waals surface area contributed by atoms with E-state index >= 15 is 0 Å².